The Balaban J connectivity index is 3.53. The average molecular weight is 253 g/mol. The Morgan fingerprint density at radius 3 is 2.44 bits per heavy atom. The lowest BCUT2D eigenvalue weighted by Gasteiger charge is -2.10. The fraction of sp³-hybridized carbons (Fsp3) is 0.286. The van der Waals surface area contributed by atoms with Crippen LogP contribution in [0.4, 0.5) is 14.5 Å². The maximum atomic E-state index is 12.5. The van der Waals surface area contributed by atoms with E-state index in [1.165, 1.54) is 0 Å². The number of anilines is 1. The Morgan fingerprint density at radius 2 is 2.06 bits per heavy atom. The van der Waals surface area contributed by atoms with Gasteiger partial charge in [0.1, 0.15) is 17.1 Å². The van der Waals surface area contributed by atoms with E-state index in [9.17, 15) is 17.2 Å². The number of hydrogen-bond acceptors (Lipinski definition) is 5. The lowest BCUT2D eigenvalue weighted by molar-refractivity contribution is 0.146. The molecule has 0 aliphatic rings. The Hall–Kier alpha value is -1.48. The maximum Gasteiger partial charge on any atom is 0.282 e. The predicted octanol–water partition coefficient (Wildman–Crippen LogP) is 0.257. The minimum atomic E-state index is -4.19. The van der Waals surface area contributed by atoms with Gasteiger partial charge in [-0.2, -0.15) is 0 Å². The number of rotatable bonds is 3. The molecule has 0 unspecified atom stereocenters. The second kappa shape index (κ2) is 4.18. The first kappa shape index (κ1) is 12.6. The summed E-state index contributed by atoms with van der Waals surface area (Å²) in [4.78, 5) is 3.18. The summed E-state index contributed by atoms with van der Waals surface area (Å²) < 4.78 is 51.5. The topological polar surface area (TPSA) is 108 Å². The van der Waals surface area contributed by atoms with Crippen molar-refractivity contribution in [3.63, 3.8) is 0 Å². The third-order valence-corrected chi connectivity index (χ3v) is 2.54. The number of pyridine rings is 1. The lowest BCUT2D eigenvalue weighted by atomic mass is 10.3. The fourth-order valence-electron chi connectivity index (χ4n) is 1.01. The summed E-state index contributed by atoms with van der Waals surface area (Å²) in [5.41, 5.74) is 4.02. The highest BCUT2D eigenvalue weighted by molar-refractivity contribution is 7.89. The number of nitrogens with zero attached hydrogens (tertiary/aromatic N) is 1. The van der Waals surface area contributed by atoms with Gasteiger partial charge < -0.3 is 10.5 Å². The van der Waals surface area contributed by atoms with Crippen LogP contribution in [0.1, 0.15) is 12.1 Å². The van der Waals surface area contributed by atoms with Crippen LogP contribution in [0.3, 0.4) is 0 Å². The number of primary sulfonamides is 1. The molecule has 0 bridgehead atoms. The van der Waals surface area contributed by atoms with E-state index in [1.807, 2.05) is 0 Å². The van der Waals surface area contributed by atoms with Gasteiger partial charge in [0.15, 0.2) is 5.03 Å². The third-order valence-electron chi connectivity index (χ3n) is 1.74. The molecule has 6 nitrogen and oxygen atoms in total. The van der Waals surface area contributed by atoms with Crippen molar-refractivity contribution in [3.05, 3.63) is 11.8 Å². The van der Waals surface area contributed by atoms with Crippen molar-refractivity contribution in [3.8, 4) is 5.75 Å². The van der Waals surface area contributed by atoms with E-state index in [2.05, 4.69) is 9.72 Å². The van der Waals surface area contributed by atoms with Crippen LogP contribution in [0.2, 0.25) is 0 Å². The lowest BCUT2D eigenvalue weighted by Crippen LogP contribution is -2.16. The van der Waals surface area contributed by atoms with Gasteiger partial charge in [0.25, 0.3) is 16.4 Å². The van der Waals surface area contributed by atoms with E-state index >= 15 is 0 Å². The van der Waals surface area contributed by atoms with Gasteiger partial charge >= 0.3 is 0 Å². The van der Waals surface area contributed by atoms with Gasteiger partial charge in [-0.05, 0) is 0 Å². The second-order valence-electron chi connectivity index (χ2n) is 2.81. The summed E-state index contributed by atoms with van der Waals surface area (Å²) in [5, 5.41) is 4.05. The van der Waals surface area contributed by atoms with Gasteiger partial charge in [-0.3, -0.25) is 0 Å². The zero-order valence-electron chi connectivity index (χ0n) is 8.15. The van der Waals surface area contributed by atoms with Crippen molar-refractivity contribution in [2.24, 2.45) is 5.14 Å². The standard InChI is InChI=1S/C7H9F2N3O3S/c1-15-3-2-4(16(11,13)14)12-6(5(3)10)7(8)9/h2,7H,10H2,1H3,(H2,11,13,14). The quantitative estimate of drug-likeness (QED) is 0.803. The molecule has 0 saturated heterocycles. The minimum absolute atomic E-state index is 0.214. The molecule has 0 spiro atoms. The van der Waals surface area contributed by atoms with Crippen molar-refractivity contribution in [1.82, 2.24) is 4.98 Å². The number of nitrogen functional groups attached to an aromatic ring is 1. The number of methoxy groups -OCH3 is 1. The minimum Gasteiger partial charge on any atom is -0.494 e. The highest BCUT2D eigenvalue weighted by atomic mass is 32.2. The Bertz CT molecular complexity index is 504. The predicted molar refractivity (Wildman–Crippen MR) is 51.5 cm³/mol. The normalized spacial score (nSPS) is 11.8. The summed E-state index contributed by atoms with van der Waals surface area (Å²) in [5.74, 6) is -0.214. The number of halogens is 2. The molecular formula is C7H9F2N3O3S. The first-order chi connectivity index (χ1) is 7.27. The van der Waals surface area contributed by atoms with Gasteiger partial charge in [-0.1, -0.05) is 0 Å². The second-order valence-corrected chi connectivity index (χ2v) is 4.32. The van der Waals surface area contributed by atoms with E-state index in [0.717, 1.165) is 13.2 Å². The van der Waals surface area contributed by atoms with E-state index in [4.69, 9.17) is 10.9 Å². The van der Waals surface area contributed by atoms with Crippen molar-refractivity contribution in [2.75, 3.05) is 12.8 Å². The van der Waals surface area contributed by atoms with Crippen molar-refractivity contribution >= 4 is 15.7 Å². The number of ether oxygens (including phenoxy) is 1. The summed E-state index contributed by atoms with van der Waals surface area (Å²) in [7, 11) is -3.03. The van der Waals surface area contributed by atoms with Crippen LogP contribution in [-0.2, 0) is 10.0 Å². The SMILES string of the molecule is COc1cc(S(N)(=O)=O)nc(C(F)F)c1N. The van der Waals surface area contributed by atoms with Crippen LogP contribution in [0.15, 0.2) is 11.1 Å². The molecule has 0 aliphatic heterocycles. The molecule has 0 amide bonds. The van der Waals surface area contributed by atoms with E-state index in [1.54, 1.807) is 0 Å². The van der Waals surface area contributed by atoms with E-state index < -0.39 is 32.9 Å². The molecular weight excluding hydrogens is 244 g/mol. The third kappa shape index (κ3) is 2.36. The van der Waals surface area contributed by atoms with E-state index in [0.29, 0.717) is 0 Å². The average Bonchev–Trinajstić information content (AvgIpc) is 2.15. The zero-order chi connectivity index (χ0) is 12.5. The monoisotopic (exact) mass is 253 g/mol. The summed E-state index contributed by atoms with van der Waals surface area (Å²) >= 11 is 0. The molecule has 0 radical (unpaired) electrons. The van der Waals surface area contributed by atoms with Crippen LogP contribution >= 0.6 is 0 Å². The molecule has 0 saturated carbocycles. The van der Waals surface area contributed by atoms with Crippen LogP contribution in [0.25, 0.3) is 0 Å². The van der Waals surface area contributed by atoms with Gasteiger partial charge in [0, 0.05) is 6.07 Å². The van der Waals surface area contributed by atoms with Crippen LogP contribution in [0.5, 0.6) is 5.75 Å². The molecule has 16 heavy (non-hydrogen) atoms. The largest absolute Gasteiger partial charge is 0.494 e. The number of alkyl halides is 2. The number of sulfonamides is 1. The zero-order valence-corrected chi connectivity index (χ0v) is 8.96. The highest BCUT2D eigenvalue weighted by Crippen LogP contribution is 2.32. The van der Waals surface area contributed by atoms with Crippen molar-refractivity contribution < 1.29 is 21.9 Å². The molecule has 0 aromatic carbocycles. The van der Waals surface area contributed by atoms with E-state index in [-0.39, 0.29) is 5.75 Å². The Labute approximate surface area is 90.3 Å². The molecule has 1 aromatic heterocycles. The molecule has 90 valence electrons. The van der Waals surface area contributed by atoms with Crippen LogP contribution in [0, 0.1) is 0 Å². The van der Waals surface area contributed by atoms with Crippen molar-refractivity contribution in [2.45, 2.75) is 11.5 Å². The number of aromatic nitrogens is 1. The molecule has 0 fully saturated rings. The van der Waals surface area contributed by atoms with Crippen LogP contribution < -0.4 is 15.6 Å². The summed E-state index contributed by atoms with van der Waals surface area (Å²) in [6, 6.07) is 0.885. The first-order valence-corrected chi connectivity index (χ1v) is 5.47. The number of nitrogens with two attached hydrogens (primary N) is 2. The molecule has 1 rings (SSSR count). The van der Waals surface area contributed by atoms with Crippen LogP contribution in [-0.4, -0.2) is 20.5 Å². The molecule has 1 heterocycles. The molecule has 4 N–H and O–H groups in total. The van der Waals surface area contributed by atoms with Crippen molar-refractivity contribution in [1.29, 1.82) is 0 Å². The molecule has 9 heteroatoms. The Kier molecular flexibility index (Phi) is 3.29. The van der Waals surface area contributed by atoms with Gasteiger partial charge in [-0.15, -0.1) is 0 Å². The maximum absolute atomic E-state index is 12.5. The molecule has 1 aromatic rings. The summed E-state index contributed by atoms with van der Waals surface area (Å²) in [6.07, 6.45) is -3.02. The Morgan fingerprint density at radius 1 is 1.50 bits per heavy atom. The van der Waals surface area contributed by atoms with Gasteiger partial charge in [-0.25, -0.2) is 27.3 Å². The first-order valence-electron chi connectivity index (χ1n) is 3.92. The highest BCUT2D eigenvalue weighted by Gasteiger charge is 2.22. The summed E-state index contributed by atoms with van der Waals surface area (Å²) in [6.45, 7) is 0. The smallest absolute Gasteiger partial charge is 0.282 e. The molecule has 0 aliphatic carbocycles. The van der Waals surface area contributed by atoms with Gasteiger partial charge in [0.05, 0.1) is 7.11 Å². The molecule has 0 atom stereocenters. The fourth-order valence-corrected chi connectivity index (χ4v) is 1.51. The number of hydrogen-bond donors (Lipinski definition) is 2. The van der Waals surface area contributed by atoms with Gasteiger partial charge in [0.2, 0.25) is 0 Å².